The van der Waals surface area contributed by atoms with Gasteiger partial charge in [0.2, 0.25) is 0 Å². The van der Waals surface area contributed by atoms with Crippen LogP contribution in [0.4, 0.5) is 5.69 Å². The van der Waals surface area contributed by atoms with Crippen molar-refractivity contribution >= 4 is 27.2 Å². The highest BCUT2D eigenvalue weighted by molar-refractivity contribution is 7.17. The van der Waals surface area contributed by atoms with Gasteiger partial charge >= 0.3 is 0 Å². The van der Waals surface area contributed by atoms with Crippen LogP contribution in [0.1, 0.15) is 0 Å². The van der Waals surface area contributed by atoms with E-state index in [1.807, 2.05) is 23.6 Å². The quantitative estimate of drug-likeness (QED) is 0.688. The first-order chi connectivity index (χ1) is 8.24. The molecule has 2 heterocycles. The molecule has 17 heavy (non-hydrogen) atoms. The van der Waals surface area contributed by atoms with Crippen molar-refractivity contribution < 1.29 is 5.11 Å². The largest absolute Gasteiger partial charge is 0.508 e. The summed E-state index contributed by atoms with van der Waals surface area (Å²) in [5.41, 5.74) is 8.52. The first-order valence-electron chi connectivity index (χ1n) is 5.16. The van der Waals surface area contributed by atoms with E-state index in [-0.39, 0.29) is 5.75 Å². The molecule has 0 aliphatic rings. The first-order valence-corrected chi connectivity index (χ1v) is 6.04. The number of benzene rings is 1. The Bertz CT molecular complexity index is 691. The summed E-state index contributed by atoms with van der Waals surface area (Å²) in [6.45, 7) is 0. The first kappa shape index (κ1) is 10.1. The molecule has 0 fully saturated rings. The van der Waals surface area contributed by atoms with E-state index in [2.05, 4.69) is 4.98 Å². The summed E-state index contributed by atoms with van der Waals surface area (Å²) >= 11 is 1.54. The minimum absolute atomic E-state index is 0.251. The van der Waals surface area contributed by atoms with E-state index in [1.54, 1.807) is 18.3 Å². The summed E-state index contributed by atoms with van der Waals surface area (Å²) < 4.78 is 0. The number of nitrogen functional groups attached to an aromatic ring is 1. The number of rotatable bonds is 1. The molecule has 3 nitrogen and oxygen atoms in total. The van der Waals surface area contributed by atoms with Crippen molar-refractivity contribution in [1.82, 2.24) is 4.98 Å². The molecule has 0 saturated carbocycles. The van der Waals surface area contributed by atoms with Crippen LogP contribution >= 0.6 is 11.3 Å². The van der Waals surface area contributed by atoms with Crippen molar-refractivity contribution in [2.75, 3.05) is 5.73 Å². The molecule has 4 heteroatoms. The lowest BCUT2D eigenvalue weighted by molar-refractivity contribution is 0.475. The Morgan fingerprint density at radius 3 is 2.88 bits per heavy atom. The summed E-state index contributed by atoms with van der Waals surface area (Å²) in [6, 6.07) is 9.11. The highest BCUT2D eigenvalue weighted by Gasteiger charge is 2.05. The van der Waals surface area contributed by atoms with Gasteiger partial charge in [-0.05, 0) is 23.8 Å². The lowest BCUT2D eigenvalue weighted by Crippen LogP contribution is -1.84. The second kappa shape index (κ2) is 3.75. The number of nitrogens with zero attached hydrogens (tertiary/aromatic N) is 1. The van der Waals surface area contributed by atoms with Gasteiger partial charge in [0.25, 0.3) is 0 Å². The number of aromatic hydroxyl groups is 1. The van der Waals surface area contributed by atoms with Crippen molar-refractivity contribution in [3.8, 4) is 16.9 Å². The van der Waals surface area contributed by atoms with E-state index in [4.69, 9.17) is 5.73 Å². The van der Waals surface area contributed by atoms with Crippen molar-refractivity contribution in [3.05, 3.63) is 41.9 Å². The molecular weight excluding hydrogens is 232 g/mol. The maximum Gasteiger partial charge on any atom is 0.125 e. The molecule has 0 unspecified atom stereocenters. The van der Waals surface area contributed by atoms with Gasteiger partial charge < -0.3 is 10.8 Å². The normalized spacial score (nSPS) is 10.8. The molecule has 0 spiro atoms. The Morgan fingerprint density at radius 2 is 2.06 bits per heavy atom. The number of hydrogen-bond acceptors (Lipinski definition) is 4. The zero-order valence-corrected chi connectivity index (χ0v) is 9.74. The molecule has 0 saturated heterocycles. The number of pyridine rings is 1. The van der Waals surface area contributed by atoms with Gasteiger partial charge in [-0.25, -0.2) is 4.98 Å². The topological polar surface area (TPSA) is 59.1 Å². The minimum atomic E-state index is 0.251. The van der Waals surface area contributed by atoms with Crippen molar-refractivity contribution in [3.63, 3.8) is 0 Å². The molecule has 0 bridgehead atoms. The highest BCUT2D eigenvalue weighted by Crippen LogP contribution is 2.31. The Hall–Kier alpha value is -2.07. The smallest absolute Gasteiger partial charge is 0.125 e. The fourth-order valence-corrected chi connectivity index (χ4v) is 2.56. The summed E-state index contributed by atoms with van der Waals surface area (Å²) in [4.78, 5) is 5.30. The van der Waals surface area contributed by atoms with Crippen LogP contribution in [0.25, 0.3) is 21.3 Å². The van der Waals surface area contributed by atoms with Crippen LogP contribution in [0.2, 0.25) is 0 Å². The standard InChI is InChI=1S/C13H10N2OS/c14-12-7-17-13-11(12)5-9(6-15-13)8-2-1-3-10(16)4-8/h1-7,16H,14H2. The summed E-state index contributed by atoms with van der Waals surface area (Å²) in [5, 5.41) is 12.3. The van der Waals surface area contributed by atoms with Crippen molar-refractivity contribution in [1.29, 1.82) is 0 Å². The van der Waals surface area contributed by atoms with Crippen molar-refractivity contribution in [2.45, 2.75) is 0 Å². The molecule has 3 aromatic rings. The number of nitrogens with two attached hydrogens (primary N) is 1. The number of phenols is 1. The molecule has 2 aromatic heterocycles. The van der Waals surface area contributed by atoms with Crippen LogP contribution in [-0.4, -0.2) is 10.1 Å². The zero-order valence-electron chi connectivity index (χ0n) is 8.92. The van der Waals surface area contributed by atoms with E-state index < -0.39 is 0 Å². The maximum atomic E-state index is 9.46. The monoisotopic (exact) mass is 242 g/mol. The number of fused-ring (bicyclic) bond motifs is 1. The highest BCUT2D eigenvalue weighted by atomic mass is 32.1. The number of phenolic OH excluding ortho intramolecular Hbond substituents is 1. The van der Waals surface area contributed by atoms with Gasteiger partial charge in [0.15, 0.2) is 0 Å². The van der Waals surface area contributed by atoms with Crippen LogP contribution in [-0.2, 0) is 0 Å². The Morgan fingerprint density at radius 1 is 1.18 bits per heavy atom. The second-order valence-electron chi connectivity index (χ2n) is 3.82. The fourth-order valence-electron chi connectivity index (χ4n) is 1.78. The van der Waals surface area contributed by atoms with Gasteiger partial charge in [0.05, 0.1) is 5.69 Å². The summed E-state index contributed by atoms with van der Waals surface area (Å²) in [7, 11) is 0. The zero-order chi connectivity index (χ0) is 11.8. The van der Waals surface area contributed by atoms with E-state index in [0.717, 1.165) is 27.0 Å². The Kier molecular flexibility index (Phi) is 2.23. The summed E-state index contributed by atoms with van der Waals surface area (Å²) in [5.74, 6) is 0.251. The lowest BCUT2D eigenvalue weighted by atomic mass is 10.1. The molecule has 0 aliphatic carbocycles. The van der Waals surface area contributed by atoms with E-state index in [1.165, 1.54) is 11.3 Å². The predicted molar refractivity (Wildman–Crippen MR) is 71.1 cm³/mol. The number of thiophene rings is 1. The van der Waals surface area contributed by atoms with Crippen LogP contribution in [0.5, 0.6) is 5.75 Å². The number of hydrogen-bond donors (Lipinski definition) is 2. The maximum absolute atomic E-state index is 9.46. The third-order valence-corrected chi connectivity index (χ3v) is 3.56. The number of anilines is 1. The average molecular weight is 242 g/mol. The van der Waals surface area contributed by atoms with Gasteiger partial charge in [-0.15, -0.1) is 11.3 Å². The molecule has 0 radical (unpaired) electrons. The van der Waals surface area contributed by atoms with Gasteiger partial charge in [-0.1, -0.05) is 12.1 Å². The lowest BCUT2D eigenvalue weighted by Gasteiger charge is -2.02. The molecule has 0 amide bonds. The van der Waals surface area contributed by atoms with Gasteiger partial charge in [-0.2, -0.15) is 0 Å². The SMILES string of the molecule is Nc1csc2ncc(-c3cccc(O)c3)cc12. The molecule has 0 atom stereocenters. The molecule has 0 aliphatic heterocycles. The van der Waals surface area contributed by atoms with Crippen molar-refractivity contribution in [2.24, 2.45) is 0 Å². The van der Waals surface area contributed by atoms with Gasteiger partial charge in [0.1, 0.15) is 10.6 Å². The van der Waals surface area contributed by atoms with E-state index in [0.29, 0.717) is 0 Å². The second-order valence-corrected chi connectivity index (χ2v) is 4.68. The number of aromatic nitrogens is 1. The molecule has 1 aromatic carbocycles. The van der Waals surface area contributed by atoms with Gasteiger partial charge in [0, 0.05) is 22.5 Å². The minimum Gasteiger partial charge on any atom is -0.508 e. The van der Waals surface area contributed by atoms with Gasteiger partial charge in [-0.3, -0.25) is 0 Å². The molecule has 3 rings (SSSR count). The molecular formula is C13H10N2OS. The van der Waals surface area contributed by atoms with Crippen LogP contribution in [0.15, 0.2) is 41.9 Å². The van der Waals surface area contributed by atoms with Crippen LogP contribution in [0, 0.1) is 0 Å². The third kappa shape index (κ3) is 1.72. The van der Waals surface area contributed by atoms with E-state index in [9.17, 15) is 5.11 Å². The average Bonchev–Trinajstić information content (AvgIpc) is 2.71. The Balaban J connectivity index is 2.20. The summed E-state index contributed by atoms with van der Waals surface area (Å²) in [6.07, 6.45) is 1.80. The Labute approximate surface area is 102 Å². The molecule has 3 N–H and O–H groups in total. The van der Waals surface area contributed by atoms with E-state index >= 15 is 0 Å². The van der Waals surface area contributed by atoms with Crippen LogP contribution < -0.4 is 5.73 Å². The van der Waals surface area contributed by atoms with Crippen LogP contribution in [0.3, 0.4) is 0 Å². The third-order valence-electron chi connectivity index (χ3n) is 2.64. The fraction of sp³-hybridized carbons (Fsp3) is 0. The predicted octanol–water partition coefficient (Wildman–Crippen LogP) is 3.25. The molecule has 84 valence electrons.